The lowest BCUT2D eigenvalue weighted by Gasteiger charge is -2.17. The van der Waals surface area contributed by atoms with E-state index >= 15 is 0 Å². The summed E-state index contributed by atoms with van der Waals surface area (Å²) in [4.78, 5) is 12.9. The van der Waals surface area contributed by atoms with Gasteiger partial charge in [0.25, 0.3) is 0 Å². The molecule has 0 amide bonds. The highest BCUT2D eigenvalue weighted by Gasteiger charge is 2.44. The van der Waals surface area contributed by atoms with E-state index in [9.17, 15) is 15.3 Å². The van der Waals surface area contributed by atoms with Gasteiger partial charge in [0, 0.05) is 0 Å². The Balaban J connectivity index is 1.60. The number of aliphatic hydroxyl groups is 3. The number of ether oxygens (including phenoxy) is 2. The molecule has 1 aromatic carbocycles. The number of fused-ring (bicyclic) bond motifs is 1. The molecule has 0 bridgehead atoms. The second kappa shape index (κ2) is 7.91. The zero-order chi connectivity index (χ0) is 20.5. The summed E-state index contributed by atoms with van der Waals surface area (Å²) in [6.45, 7) is 1.60. The molecule has 29 heavy (non-hydrogen) atoms. The first-order valence-corrected chi connectivity index (χ1v) is 9.24. The van der Waals surface area contributed by atoms with Crippen molar-refractivity contribution in [3.63, 3.8) is 0 Å². The average molecular weight is 401 g/mol. The first-order valence-electron chi connectivity index (χ1n) is 9.24. The van der Waals surface area contributed by atoms with Gasteiger partial charge in [0.15, 0.2) is 23.2 Å². The van der Waals surface area contributed by atoms with Crippen LogP contribution in [0.1, 0.15) is 24.8 Å². The van der Waals surface area contributed by atoms with E-state index in [4.69, 9.17) is 9.47 Å². The summed E-state index contributed by atoms with van der Waals surface area (Å²) in [6.07, 6.45) is -1.32. The maximum absolute atomic E-state index is 10.3. The smallest absolute Gasteiger partial charge is 0.167 e. The van der Waals surface area contributed by atoms with Crippen molar-refractivity contribution in [2.75, 3.05) is 19.0 Å². The Kier molecular flexibility index (Phi) is 5.33. The van der Waals surface area contributed by atoms with Gasteiger partial charge < -0.3 is 30.1 Å². The van der Waals surface area contributed by atoms with Crippen LogP contribution in [0.25, 0.3) is 11.2 Å². The van der Waals surface area contributed by atoms with E-state index in [1.54, 1.807) is 7.11 Å². The van der Waals surface area contributed by atoms with Crippen LogP contribution in [0.2, 0.25) is 0 Å². The molecular weight excluding hydrogens is 378 g/mol. The Morgan fingerprint density at radius 3 is 2.59 bits per heavy atom. The molecule has 10 heteroatoms. The van der Waals surface area contributed by atoms with Crippen LogP contribution in [-0.2, 0) is 4.74 Å². The van der Waals surface area contributed by atoms with E-state index in [1.807, 2.05) is 31.2 Å². The number of nitrogens with zero attached hydrogens (tertiary/aromatic N) is 4. The van der Waals surface area contributed by atoms with Crippen LogP contribution in [0.3, 0.4) is 0 Å². The lowest BCUT2D eigenvalue weighted by molar-refractivity contribution is -0.0511. The summed E-state index contributed by atoms with van der Waals surface area (Å²) in [6, 6.07) is 7.65. The molecule has 0 spiro atoms. The van der Waals surface area contributed by atoms with Crippen molar-refractivity contribution < 1.29 is 24.8 Å². The second-order valence-corrected chi connectivity index (χ2v) is 6.91. The number of aliphatic hydroxyl groups excluding tert-OH is 3. The summed E-state index contributed by atoms with van der Waals surface area (Å²) in [7, 11) is 1.62. The van der Waals surface area contributed by atoms with Gasteiger partial charge in [-0.15, -0.1) is 0 Å². The number of imidazole rings is 1. The Morgan fingerprint density at radius 2 is 1.93 bits per heavy atom. The average Bonchev–Trinajstić information content (AvgIpc) is 3.30. The summed E-state index contributed by atoms with van der Waals surface area (Å²) in [5.41, 5.74) is 1.99. The molecule has 4 N–H and O–H groups in total. The molecule has 1 aliphatic heterocycles. The number of hydrogen-bond donors (Lipinski definition) is 4. The van der Waals surface area contributed by atoms with Gasteiger partial charge in [-0.05, 0) is 24.6 Å². The monoisotopic (exact) mass is 401 g/mol. The second-order valence-electron chi connectivity index (χ2n) is 6.91. The van der Waals surface area contributed by atoms with Crippen LogP contribution < -0.4 is 10.1 Å². The van der Waals surface area contributed by atoms with Crippen LogP contribution in [0.4, 0.5) is 5.82 Å². The number of rotatable bonds is 6. The molecule has 1 saturated heterocycles. The topological polar surface area (TPSA) is 135 Å². The summed E-state index contributed by atoms with van der Waals surface area (Å²) in [5.74, 6) is 1.31. The molecule has 154 valence electrons. The Labute approximate surface area is 166 Å². The predicted molar refractivity (Wildman–Crippen MR) is 103 cm³/mol. The van der Waals surface area contributed by atoms with Gasteiger partial charge in [-0.3, -0.25) is 4.57 Å². The normalized spacial score (nSPS) is 25.3. The van der Waals surface area contributed by atoms with Gasteiger partial charge in [0.2, 0.25) is 0 Å². The fourth-order valence-electron chi connectivity index (χ4n) is 3.43. The molecule has 1 aliphatic rings. The number of aromatic nitrogens is 4. The zero-order valence-corrected chi connectivity index (χ0v) is 16.0. The van der Waals surface area contributed by atoms with E-state index in [-0.39, 0.29) is 6.04 Å². The third-order valence-corrected chi connectivity index (χ3v) is 5.12. The summed E-state index contributed by atoms with van der Waals surface area (Å²) in [5, 5.41) is 32.9. The van der Waals surface area contributed by atoms with Crippen LogP contribution in [0.5, 0.6) is 5.75 Å². The van der Waals surface area contributed by atoms with E-state index < -0.39 is 31.1 Å². The highest BCUT2D eigenvalue weighted by Crippen LogP contribution is 2.32. The van der Waals surface area contributed by atoms with Crippen molar-refractivity contribution in [3.05, 3.63) is 42.5 Å². The molecular formula is C19H23N5O5. The Hall–Kier alpha value is -2.79. The molecule has 0 aliphatic carbocycles. The fourth-order valence-corrected chi connectivity index (χ4v) is 3.43. The quantitative estimate of drug-likeness (QED) is 0.469. The van der Waals surface area contributed by atoms with Crippen molar-refractivity contribution in [2.24, 2.45) is 0 Å². The maximum atomic E-state index is 10.3. The first-order chi connectivity index (χ1) is 14.0. The SMILES string of the molecule is COc1ccc(C(C)Nc2ncnc3c2ncn3[C@@H]2O[C@H](CO)[C@H](O)C2O)cc1. The minimum Gasteiger partial charge on any atom is -0.497 e. The molecule has 1 fully saturated rings. The van der Waals surface area contributed by atoms with Gasteiger partial charge in [-0.25, -0.2) is 15.0 Å². The first kappa shape index (κ1) is 19.5. The minimum atomic E-state index is -1.21. The third-order valence-electron chi connectivity index (χ3n) is 5.12. The standard InChI is InChI=1S/C19H23N5O5/c1-10(11-3-5-12(28-2)6-4-11)23-17-14-18(21-8-20-17)24(9-22-14)19-16(27)15(26)13(7-25)29-19/h3-6,8-10,13,15-16,19,25-27H,7H2,1-2H3,(H,20,21,23)/t10?,13-,15+,16?,19-/m1/s1. The van der Waals surface area contributed by atoms with E-state index in [0.29, 0.717) is 17.0 Å². The van der Waals surface area contributed by atoms with Gasteiger partial charge in [-0.2, -0.15) is 0 Å². The van der Waals surface area contributed by atoms with Crippen molar-refractivity contribution in [1.29, 1.82) is 0 Å². The highest BCUT2D eigenvalue weighted by atomic mass is 16.6. The molecule has 3 aromatic rings. The van der Waals surface area contributed by atoms with Crippen LogP contribution in [0.15, 0.2) is 36.9 Å². The molecule has 3 heterocycles. The number of methoxy groups -OCH3 is 1. The maximum Gasteiger partial charge on any atom is 0.167 e. The Morgan fingerprint density at radius 1 is 1.17 bits per heavy atom. The molecule has 2 unspecified atom stereocenters. The summed E-state index contributed by atoms with van der Waals surface area (Å²) >= 11 is 0. The van der Waals surface area contributed by atoms with Crippen LogP contribution >= 0.6 is 0 Å². The van der Waals surface area contributed by atoms with Crippen LogP contribution in [-0.4, -0.2) is 66.9 Å². The third kappa shape index (κ3) is 3.51. The predicted octanol–water partition coefficient (Wildman–Crippen LogP) is 0.619. The van der Waals surface area contributed by atoms with Gasteiger partial charge >= 0.3 is 0 Å². The lowest BCUT2D eigenvalue weighted by atomic mass is 10.1. The molecule has 10 nitrogen and oxygen atoms in total. The fraction of sp³-hybridized carbons (Fsp3) is 0.421. The van der Waals surface area contributed by atoms with Crippen molar-refractivity contribution in [1.82, 2.24) is 19.5 Å². The van der Waals surface area contributed by atoms with Gasteiger partial charge in [-0.1, -0.05) is 12.1 Å². The molecule has 2 aromatic heterocycles. The number of nitrogens with one attached hydrogen (secondary N) is 1. The molecule has 5 atom stereocenters. The largest absolute Gasteiger partial charge is 0.497 e. The number of anilines is 1. The lowest BCUT2D eigenvalue weighted by Crippen LogP contribution is -2.33. The van der Waals surface area contributed by atoms with Crippen LogP contribution in [0, 0.1) is 0 Å². The number of hydrogen-bond acceptors (Lipinski definition) is 9. The Bertz CT molecular complexity index is 979. The van der Waals surface area contributed by atoms with E-state index in [2.05, 4.69) is 20.3 Å². The molecule has 4 rings (SSSR count). The summed E-state index contributed by atoms with van der Waals surface area (Å²) < 4.78 is 12.3. The molecule has 0 saturated carbocycles. The number of benzene rings is 1. The van der Waals surface area contributed by atoms with Crippen molar-refractivity contribution in [3.8, 4) is 5.75 Å². The van der Waals surface area contributed by atoms with Crippen molar-refractivity contribution in [2.45, 2.75) is 37.5 Å². The molecule has 0 radical (unpaired) electrons. The minimum absolute atomic E-state index is 0.0573. The van der Waals surface area contributed by atoms with E-state index in [0.717, 1.165) is 11.3 Å². The van der Waals surface area contributed by atoms with Crippen molar-refractivity contribution >= 4 is 17.0 Å². The van der Waals surface area contributed by atoms with Gasteiger partial charge in [0.05, 0.1) is 26.1 Å². The van der Waals surface area contributed by atoms with Gasteiger partial charge in [0.1, 0.15) is 30.4 Å². The highest BCUT2D eigenvalue weighted by molar-refractivity contribution is 5.82. The van der Waals surface area contributed by atoms with E-state index in [1.165, 1.54) is 17.2 Å². The zero-order valence-electron chi connectivity index (χ0n) is 16.0.